The maximum Gasteiger partial charge on any atom is 0.289 e. The molecular weight excluding hydrogens is 255 g/mol. The molecule has 0 radical (unpaired) electrons. The van der Waals surface area contributed by atoms with Gasteiger partial charge < -0.3 is 0 Å². The van der Waals surface area contributed by atoms with Crippen molar-refractivity contribution in [2.24, 2.45) is 7.05 Å². The summed E-state index contributed by atoms with van der Waals surface area (Å²) in [7, 11) is 1.12. The van der Waals surface area contributed by atoms with Crippen LogP contribution in [0.3, 0.4) is 0 Å². The lowest BCUT2D eigenvalue weighted by Gasteiger charge is -2.25. The third-order valence-electron chi connectivity index (χ3n) is 2.69. The van der Waals surface area contributed by atoms with Crippen molar-refractivity contribution >= 4 is 0 Å². The van der Waals surface area contributed by atoms with Gasteiger partial charge in [0.1, 0.15) is 17.6 Å². The first-order valence-electron chi connectivity index (χ1n) is 5.72. The summed E-state index contributed by atoms with van der Waals surface area (Å²) in [5.41, 5.74) is -2.22. The molecule has 1 heterocycles. The zero-order valence-corrected chi connectivity index (χ0v) is 10.4. The van der Waals surface area contributed by atoms with Gasteiger partial charge in [0, 0.05) is 19.0 Å². The Kier molecular flexibility index (Phi) is 4.34. The largest absolute Gasteiger partial charge is 0.289 e. The highest BCUT2D eigenvalue weighted by Gasteiger charge is 2.46. The van der Waals surface area contributed by atoms with Crippen LogP contribution in [0.4, 0.5) is 22.0 Å². The summed E-state index contributed by atoms with van der Waals surface area (Å²) in [5.74, 6) is -3.28. The summed E-state index contributed by atoms with van der Waals surface area (Å²) in [6.45, 7) is 4.00. The van der Waals surface area contributed by atoms with Crippen LogP contribution in [-0.4, -0.2) is 9.78 Å². The first-order valence-corrected chi connectivity index (χ1v) is 5.72. The average molecular weight is 270 g/mol. The maximum atomic E-state index is 13.4. The van der Waals surface area contributed by atoms with Crippen molar-refractivity contribution in [3.63, 3.8) is 0 Å². The van der Waals surface area contributed by atoms with E-state index in [0.29, 0.717) is 4.68 Å². The van der Waals surface area contributed by atoms with E-state index in [9.17, 15) is 22.0 Å². The second kappa shape index (κ2) is 5.24. The molecule has 0 aliphatic heterocycles. The Morgan fingerprint density at radius 3 is 2.39 bits per heavy atom. The van der Waals surface area contributed by atoms with Crippen LogP contribution in [0.15, 0.2) is 0 Å². The molecule has 1 unspecified atom stereocenters. The van der Waals surface area contributed by atoms with E-state index in [2.05, 4.69) is 5.10 Å². The van der Waals surface area contributed by atoms with Crippen molar-refractivity contribution in [2.75, 3.05) is 0 Å². The highest BCUT2D eigenvalue weighted by molar-refractivity contribution is 5.35. The smallest absolute Gasteiger partial charge is 0.266 e. The summed E-state index contributed by atoms with van der Waals surface area (Å²) in [4.78, 5) is 0. The number of fused-ring (bicyclic) bond motifs is 1. The van der Waals surface area contributed by atoms with Gasteiger partial charge in [0.25, 0.3) is 12.3 Å². The Bertz CT molecular complexity index is 414. The molecule has 1 aromatic heterocycles. The van der Waals surface area contributed by atoms with E-state index in [-0.39, 0.29) is 0 Å². The molecule has 0 fully saturated rings. The Labute approximate surface area is 102 Å². The number of hydrogen-bond donors (Lipinski definition) is 0. The van der Waals surface area contributed by atoms with Gasteiger partial charge in [-0.15, -0.1) is 0 Å². The lowest BCUT2D eigenvalue weighted by atomic mass is 9.91. The number of nitrogens with zero attached hydrogens (tertiary/aromatic N) is 2. The van der Waals surface area contributed by atoms with Gasteiger partial charge in [0.05, 0.1) is 0 Å². The van der Waals surface area contributed by atoms with Gasteiger partial charge >= 0.3 is 0 Å². The van der Waals surface area contributed by atoms with E-state index in [1.54, 1.807) is 0 Å². The average Bonchev–Trinajstić information content (AvgIpc) is 2.67. The zero-order chi connectivity index (χ0) is 14.1. The number of aromatic nitrogens is 2. The van der Waals surface area contributed by atoms with Gasteiger partial charge in [0.2, 0.25) is 0 Å². The van der Waals surface area contributed by atoms with Crippen LogP contribution in [0.5, 0.6) is 0 Å². The predicted molar refractivity (Wildman–Crippen MR) is 56.5 cm³/mol. The molecule has 104 valence electrons. The fraction of sp³-hybridized carbons (Fsp3) is 0.727. The number of rotatable bonds is 1. The molecule has 0 saturated carbocycles. The van der Waals surface area contributed by atoms with Gasteiger partial charge in [0.15, 0.2) is 0 Å². The number of halogens is 5. The van der Waals surface area contributed by atoms with Crippen LogP contribution in [0.1, 0.15) is 56.2 Å². The summed E-state index contributed by atoms with van der Waals surface area (Å²) in [6.07, 6.45) is -5.95. The molecule has 7 heteroatoms. The molecule has 0 N–H and O–H groups in total. The first-order chi connectivity index (χ1) is 8.34. The van der Waals surface area contributed by atoms with Crippen LogP contribution >= 0.6 is 0 Å². The standard InChI is InChI=1S/C9H9F5N2.C2H6/c1-16-7-5(6(15-16)8(11)12)4(10)2-3-9(7,13)14;1-2/h4,8H,2-3H2,1H3;1-2H3. The highest BCUT2D eigenvalue weighted by Crippen LogP contribution is 2.48. The Hall–Kier alpha value is -1.14. The van der Waals surface area contributed by atoms with E-state index in [1.165, 1.54) is 0 Å². The normalized spacial score (nSPS) is 21.3. The molecule has 0 saturated heterocycles. The molecule has 0 amide bonds. The molecule has 1 aliphatic rings. The number of aryl methyl sites for hydroxylation is 1. The lowest BCUT2D eigenvalue weighted by molar-refractivity contribution is -0.0402. The van der Waals surface area contributed by atoms with Crippen molar-refractivity contribution in [3.8, 4) is 0 Å². The van der Waals surface area contributed by atoms with E-state index < -0.39 is 48.3 Å². The van der Waals surface area contributed by atoms with Crippen LogP contribution in [0.25, 0.3) is 0 Å². The number of hydrogen-bond acceptors (Lipinski definition) is 1. The SMILES string of the molecule is CC.Cn1nc(C(F)F)c2c1C(F)(F)CCC2F. The second-order valence-corrected chi connectivity index (χ2v) is 3.78. The maximum absolute atomic E-state index is 13.4. The van der Waals surface area contributed by atoms with Crippen LogP contribution in [0.2, 0.25) is 0 Å². The molecule has 2 rings (SSSR count). The monoisotopic (exact) mass is 270 g/mol. The van der Waals surface area contributed by atoms with Crippen molar-refractivity contribution in [1.82, 2.24) is 9.78 Å². The molecule has 1 aromatic rings. The first kappa shape index (κ1) is 14.9. The van der Waals surface area contributed by atoms with Crippen molar-refractivity contribution in [3.05, 3.63) is 17.0 Å². The fourth-order valence-corrected chi connectivity index (χ4v) is 2.04. The molecule has 0 aromatic carbocycles. The van der Waals surface area contributed by atoms with Crippen molar-refractivity contribution < 1.29 is 22.0 Å². The van der Waals surface area contributed by atoms with Crippen LogP contribution in [-0.2, 0) is 13.0 Å². The molecule has 0 spiro atoms. The topological polar surface area (TPSA) is 17.8 Å². The van der Waals surface area contributed by atoms with E-state index in [0.717, 1.165) is 7.05 Å². The minimum atomic E-state index is -3.28. The van der Waals surface area contributed by atoms with Gasteiger partial charge in [-0.2, -0.15) is 13.9 Å². The zero-order valence-electron chi connectivity index (χ0n) is 10.4. The minimum Gasteiger partial charge on any atom is -0.266 e. The summed E-state index contributed by atoms with van der Waals surface area (Å²) >= 11 is 0. The molecule has 18 heavy (non-hydrogen) atoms. The lowest BCUT2D eigenvalue weighted by Crippen LogP contribution is -2.25. The second-order valence-electron chi connectivity index (χ2n) is 3.78. The third kappa shape index (κ3) is 2.35. The Morgan fingerprint density at radius 2 is 1.89 bits per heavy atom. The van der Waals surface area contributed by atoms with Gasteiger partial charge in [-0.1, -0.05) is 13.8 Å². The third-order valence-corrected chi connectivity index (χ3v) is 2.69. The Morgan fingerprint density at radius 1 is 1.33 bits per heavy atom. The molecule has 1 atom stereocenters. The van der Waals surface area contributed by atoms with Crippen molar-refractivity contribution in [2.45, 2.75) is 45.2 Å². The highest BCUT2D eigenvalue weighted by atomic mass is 19.3. The minimum absolute atomic E-state index is 0.453. The predicted octanol–water partition coefficient (Wildman–Crippen LogP) is 4.28. The number of alkyl halides is 5. The van der Waals surface area contributed by atoms with E-state index >= 15 is 0 Å². The molecule has 0 bridgehead atoms. The molecule has 2 nitrogen and oxygen atoms in total. The van der Waals surface area contributed by atoms with E-state index in [4.69, 9.17) is 0 Å². The quantitative estimate of drug-likeness (QED) is 0.696. The van der Waals surface area contributed by atoms with Gasteiger partial charge in [-0.25, -0.2) is 13.2 Å². The summed E-state index contributed by atoms with van der Waals surface area (Å²) in [6, 6.07) is 0. The van der Waals surface area contributed by atoms with E-state index in [1.807, 2.05) is 13.8 Å². The van der Waals surface area contributed by atoms with Gasteiger partial charge in [-0.3, -0.25) is 4.68 Å². The van der Waals surface area contributed by atoms with Crippen LogP contribution < -0.4 is 0 Å². The fourth-order valence-electron chi connectivity index (χ4n) is 2.04. The summed E-state index contributed by atoms with van der Waals surface area (Å²) < 4.78 is 66.0. The van der Waals surface area contributed by atoms with Gasteiger partial charge in [-0.05, 0) is 6.42 Å². The Balaban J connectivity index is 0.000000771. The molecule has 1 aliphatic carbocycles. The van der Waals surface area contributed by atoms with Crippen LogP contribution in [0, 0.1) is 0 Å². The van der Waals surface area contributed by atoms with Crippen molar-refractivity contribution in [1.29, 1.82) is 0 Å². The molecular formula is C11H15F5N2. The summed E-state index contributed by atoms with van der Waals surface area (Å²) in [5, 5.41) is 3.28.